The van der Waals surface area contributed by atoms with Crippen molar-refractivity contribution in [3.05, 3.63) is 66.0 Å². The first-order valence-electron chi connectivity index (χ1n) is 9.49. The lowest BCUT2D eigenvalue weighted by Gasteiger charge is -2.24. The number of rotatable bonds is 5. The van der Waals surface area contributed by atoms with Crippen LogP contribution in [0.15, 0.2) is 59.6 Å². The highest BCUT2D eigenvalue weighted by atomic mass is 32.2. The number of sulfone groups is 1. The fourth-order valence-electron chi connectivity index (χ4n) is 3.74. The minimum absolute atomic E-state index is 0.0223. The minimum Gasteiger partial charge on any atom is -0.313 e. The van der Waals surface area contributed by atoms with Gasteiger partial charge in [0.05, 0.1) is 23.2 Å². The molecule has 0 spiro atoms. The third kappa shape index (κ3) is 4.53. The highest BCUT2D eigenvalue weighted by molar-refractivity contribution is 8.16. The van der Waals surface area contributed by atoms with Crippen molar-refractivity contribution in [1.82, 2.24) is 0 Å². The van der Waals surface area contributed by atoms with E-state index in [-0.39, 0.29) is 34.8 Å². The van der Waals surface area contributed by atoms with E-state index in [0.717, 1.165) is 12.0 Å². The van der Waals surface area contributed by atoms with E-state index in [9.17, 15) is 17.6 Å². The van der Waals surface area contributed by atoms with Gasteiger partial charge in [-0.1, -0.05) is 54.2 Å². The van der Waals surface area contributed by atoms with Crippen LogP contribution in [0.3, 0.4) is 0 Å². The number of nitrogens with zero attached hydrogens (tertiary/aromatic N) is 2. The normalized spacial score (nSPS) is 24.0. The summed E-state index contributed by atoms with van der Waals surface area (Å²) in [5.74, 6) is -0.760. The average molecular weight is 433 g/mol. The third-order valence-corrected chi connectivity index (χ3v) is 8.31. The van der Waals surface area contributed by atoms with Crippen LogP contribution in [0, 0.1) is 5.82 Å². The lowest BCUT2D eigenvalue weighted by molar-refractivity contribution is -0.117. The summed E-state index contributed by atoms with van der Waals surface area (Å²) in [6.07, 6.45) is 1.74. The van der Waals surface area contributed by atoms with E-state index in [2.05, 4.69) is 4.99 Å². The number of para-hydroxylation sites is 1. The zero-order valence-electron chi connectivity index (χ0n) is 15.7. The number of hydrogen-bond acceptors (Lipinski definition) is 4. The van der Waals surface area contributed by atoms with E-state index in [0.29, 0.717) is 11.6 Å². The highest BCUT2D eigenvalue weighted by Gasteiger charge is 2.49. The summed E-state index contributed by atoms with van der Waals surface area (Å²) in [5.41, 5.74) is 1.43. The maximum atomic E-state index is 14.5. The van der Waals surface area contributed by atoms with Gasteiger partial charge in [-0.25, -0.2) is 12.8 Å². The Morgan fingerprint density at radius 1 is 1.10 bits per heavy atom. The van der Waals surface area contributed by atoms with Crippen molar-refractivity contribution in [2.45, 2.75) is 30.6 Å². The summed E-state index contributed by atoms with van der Waals surface area (Å²) in [6, 6.07) is 15.7. The SMILES string of the molecule is O=C(CCCc1ccccc1)N=C1S[C@H]2CS(=O)(=O)C[C@@H]2N1c1ccccc1F. The smallest absolute Gasteiger partial charge is 0.248 e. The van der Waals surface area contributed by atoms with Crippen LogP contribution in [0.5, 0.6) is 0 Å². The Kier molecular flexibility index (Phi) is 5.74. The molecule has 4 rings (SSSR count). The number of amides is 1. The number of thioether (sulfide) groups is 1. The Bertz CT molecular complexity index is 1040. The summed E-state index contributed by atoms with van der Waals surface area (Å²) in [5, 5.41) is 0.153. The highest BCUT2D eigenvalue weighted by Crippen LogP contribution is 2.41. The van der Waals surface area contributed by atoms with Crippen LogP contribution in [0.25, 0.3) is 0 Å². The van der Waals surface area contributed by atoms with E-state index in [1.54, 1.807) is 23.1 Å². The predicted molar refractivity (Wildman–Crippen MR) is 115 cm³/mol. The van der Waals surface area contributed by atoms with Crippen molar-refractivity contribution >= 4 is 38.4 Å². The average Bonchev–Trinajstić information content (AvgIpc) is 3.14. The van der Waals surface area contributed by atoms with E-state index < -0.39 is 21.7 Å². The number of fused-ring (bicyclic) bond motifs is 1. The van der Waals surface area contributed by atoms with Crippen molar-refractivity contribution in [3.8, 4) is 0 Å². The number of amidine groups is 1. The number of benzene rings is 2. The predicted octanol–water partition coefficient (Wildman–Crippen LogP) is 3.45. The Morgan fingerprint density at radius 2 is 1.83 bits per heavy atom. The molecule has 0 unspecified atom stereocenters. The number of halogens is 1. The lowest BCUT2D eigenvalue weighted by Crippen LogP contribution is -2.38. The Labute approximate surface area is 173 Å². The third-order valence-electron chi connectivity index (χ3n) is 5.10. The molecule has 2 saturated heterocycles. The molecule has 1 amide bonds. The van der Waals surface area contributed by atoms with Gasteiger partial charge in [-0.3, -0.25) is 4.79 Å². The zero-order chi connectivity index (χ0) is 20.4. The van der Waals surface area contributed by atoms with Gasteiger partial charge in [0.15, 0.2) is 15.0 Å². The first-order chi connectivity index (χ1) is 13.9. The monoisotopic (exact) mass is 432 g/mol. The molecule has 2 atom stereocenters. The van der Waals surface area contributed by atoms with Crippen LogP contribution in [0.2, 0.25) is 0 Å². The molecule has 0 aromatic heterocycles. The molecule has 2 aliphatic rings. The summed E-state index contributed by atoms with van der Waals surface area (Å²) >= 11 is 1.26. The van der Waals surface area contributed by atoms with Gasteiger partial charge in [-0.05, 0) is 30.5 Å². The molecule has 2 aromatic rings. The van der Waals surface area contributed by atoms with Crippen LogP contribution in [0.1, 0.15) is 18.4 Å². The van der Waals surface area contributed by atoms with Gasteiger partial charge < -0.3 is 4.90 Å². The molecule has 8 heteroatoms. The number of aliphatic imine (C=N–C) groups is 1. The number of aryl methyl sites for hydroxylation is 1. The fraction of sp³-hybridized carbons (Fsp3) is 0.333. The minimum atomic E-state index is -3.18. The molecule has 2 aromatic carbocycles. The quantitative estimate of drug-likeness (QED) is 0.724. The molecule has 2 aliphatic heterocycles. The van der Waals surface area contributed by atoms with Gasteiger partial charge in [0.2, 0.25) is 5.91 Å². The number of carbonyl (C=O) groups is 1. The number of carbonyl (C=O) groups excluding carboxylic acids is 1. The van der Waals surface area contributed by atoms with E-state index in [4.69, 9.17) is 0 Å². The molecule has 152 valence electrons. The molecule has 29 heavy (non-hydrogen) atoms. The van der Waals surface area contributed by atoms with Crippen LogP contribution >= 0.6 is 11.8 Å². The van der Waals surface area contributed by atoms with Crippen LogP contribution < -0.4 is 4.90 Å². The zero-order valence-corrected chi connectivity index (χ0v) is 17.3. The Hall–Kier alpha value is -2.19. The van der Waals surface area contributed by atoms with Gasteiger partial charge in [-0.15, -0.1) is 0 Å². The van der Waals surface area contributed by atoms with E-state index >= 15 is 0 Å². The first-order valence-corrected chi connectivity index (χ1v) is 12.2. The second kappa shape index (κ2) is 8.28. The molecule has 0 saturated carbocycles. The summed E-state index contributed by atoms with van der Waals surface area (Å²) in [4.78, 5) is 18.3. The summed E-state index contributed by atoms with van der Waals surface area (Å²) in [7, 11) is -3.18. The molecule has 0 radical (unpaired) electrons. The van der Waals surface area contributed by atoms with E-state index in [1.807, 2.05) is 30.3 Å². The van der Waals surface area contributed by atoms with Crippen LogP contribution in [0.4, 0.5) is 10.1 Å². The second-order valence-electron chi connectivity index (χ2n) is 7.25. The van der Waals surface area contributed by atoms with Gasteiger partial charge in [0.25, 0.3) is 0 Å². The van der Waals surface area contributed by atoms with Crippen molar-refractivity contribution < 1.29 is 17.6 Å². The molecule has 5 nitrogen and oxygen atoms in total. The van der Waals surface area contributed by atoms with Gasteiger partial charge in [0.1, 0.15) is 5.82 Å². The maximum Gasteiger partial charge on any atom is 0.248 e. The molecule has 0 bridgehead atoms. The van der Waals surface area contributed by atoms with Crippen molar-refractivity contribution in [2.24, 2.45) is 4.99 Å². The summed E-state index contributed by atoms with van der Waals surface area (Å²) < 4.78 is 38.6. The standard InChI is InChI=1S/C21H21FN2O3S2/c22-16-10-4-5-11-17(16)24-18-13-29(26,27)14-19(18)28-21(24)23-20(25)12-6-9-15-7-2-1-3-8-15/h1-5,7-8,10-11,18-19H,6,9,12-14H2/t18-,19-/m0/s1. The van der Waals surface area contributed by atoms with Gasteiger partial charge in [0, 0.05) is 11.7 Å². The largest absolute Gasteiger partial charge is 0.313 e. The lowest BCUT2D eigenvalue weighted by atomic mass is 10.1. The van der Waals surface area contributed by atoms with Crippen LogP contribution in [-0.2, 0) is 21.1 Å². The Balaban J connectivity index is 1.52. The molecule has 0 aliphatic carbocycles. The number of anilines is 1. The van der Waals surface area contributed by atoms with Crippen molar-refractivity contribution in [3.63, 3.8) is 0 Å². The first kappa shape index (κ1) is 20.1. The molecule has 2 fully saturated rings. The molecular formula is C21H21FN2O3S2. The fourth-order valence-corrected chi connectivity index (χ4v) is 7.67. The molecule has 0 N–H and O–H groups in total. The topological polar surface area (TPSA) is 66.8 Å². The molecular weight excluding hydrogens is 411 g/mol. The Morgan fingerprint density at radius 3 is 2.59 bits per heavy atom. The van der Waals surface area contributed by atoms with Crippen LogP contribution in [-0.4, -0.2) is 42.3 Å². The molecule has 2 heterocycles. The maximum absolute atomic E-state index is 14.5. The van der Waals surface area contributed by atoms with Gasteiger partial charge >= 0.3 is 0 Å². The summed E-state index contributed by atoms with van der Waals surface area (Å²) in [6.45, 7) is 0. The van der Waals surface area contributed by atoms with Gasteiger partial charge in [-0.2, -0.15) is 4.99 Å². The van der Waals surface area contributed by atoms with Crippen molar-refractivity contribution in [1.29, 1.82) is 0 Å². The number of hydrogen-bond donors (Lipinski definition) is 0. The van der Waals surface area contributed by atoms with Crippen molar-refractivity contribution in [2.75, 3.05) is 16.4 Å². The van der Waals surface area contributed by atoms with E-state index in [1.165, 1.54) is 17.8 Å². The second-order valence-corrected chi connectivity index (χ2v) is 10.6.